The molecule has 0 radical (unpaired) electrons. The van der Waals surface area contributed by atoms with E-state index in [-0.39, 0.29) is 23.9 Å². The van der Waals surface area contributed by atoms with Gasteiger partial charge in [-0.15, -0.1) is 0 Å². The summed E-state index contributed by atoms with van der Waals surface area (Å²) >= 11 is 5.96. The lowest BCUT2D eigenvalue weighted by Gasteiger charge is -2.28. The van der Waals surface area contributed by atoms with Crippen LogP contribution in [0.2, 0.25) is 5.02 Å². The van der Waals surface area contributed by atoms with Gasteiger partial charge in [0.05, 0.1) is 23.2 Å². The van der Waals surface area contributed by atoms with Crippen molar-refractivity contribution in [1.29, 1.82) is 0 Å². The Hall–Kier alpha value is -2.58. The minimum atomic E-state index is -0.539. The molecule has 30 heavy (non-hydrogen) atoms. The van der Waals surface area contributed by atoms with Crippen molar-refractivity contribution in [3.63, 3.8) is 0 Å². The van der Waals surface area contributed by atoms with E-state index >= 15 is 0 Å². The van der Waals surface area contributed by atoms with E-state index in [4.69, 9.17) is 11.6 Å². The Labute approximate surface area is 180 Å². The fraction of sp³-hybridized carbons (Fsp3) is 0.476. The van der Waals surface area contributed by atoms with Crippen LogP contribution in [0.25, 0.3) is 0 Å². The number of pyridine rings is 1. The van der Waals surface area contributed by atoms with Crippen LogP contribution in [0.5, 0.6) is 0 Å². The van der Waals surface area contributed by atoms with Gasteiger partial charge < -0.3 is 9.80 Å². The van der Waals surface area contributed by atoms with E-state index in [1.54, 1.807) is 18.3 Å². The van der Waals surface area contributed by atoms with Crippen LogP contribution in [0.4, 0.5) is 5.82 Å². The summed E-state index contributed by atoms with van der Waals surface area (Å²) in [5.41, 5.74) is 0.787. The second-order valence-corrected chi connectivity index (χ2v) is 7.98. The monoisotopic (exact) mass is 428 g/mol. The Bertz CT molecular complexity index is 916. The van der Waals surface area contributed by atoms with Gasteiger partial charge in [0.15, 0.2) is 5.69 Å². The van der Waals surface area contributed by atoms with Gasteiger partial charge in [0.1, 0.15) is 5.82 Å². The summed E-state index contributed by atoms with van der Waals surface area (Å²) in [4.78, 5) is 44.8. The largest absolute Gasteiger partial charge is 0.342 e. The minimum absolute atomic E-state index is 0.00744. The Morgan fingerprint density at radius 1 is 1.20 bits per heavy atom. The number of hydrogen-bond acceptors (Lipinski definition) is 6. The molecular weight excluding hydrogens is 404 g/mol. The smallest absolute Gasteiger partial charge is 0.280 e. The van der Waals surface area contributed by atoms with Crippen LogP contribution in [-0.4, -0.2) is 69.3 Å². The van der Waals surface area contributed by atoms with Crippen molar-refractivity contribution in [3.8, 4) is 0 Å². The van der Waals surface area contributed by atoms with Crippen molar-refractivity contribution < 1.29 is 9.59 Å². The third kappa shape index (κ3) is 4.15. The summed E-state index contributed by atoms with van der Waals surface area (Å²) in [5, 5.41) is 0.478. The molecule has 1 atom stereocenters. The number of aromatic nitrogens is 3. The Balaban J connectivity index is 1.55. The predicted molar refractivity (Wildman–Crippen MR) is 113 cm³/mol. The van der Waals surface area contributed by atoms with Gasteiger partial charge in [-0.3, -0.25) is 19.5 Å². The van der Waals surface area contributed by atoms with Crippen molar-refractivity contribution in [2.24, 2.45) is 0 Å². The SMILES string of the molecule is CCN(CCN1CCCC1)C(=O)C[C@H]1c2nccnc2C(=O)N1c1ccc(Cl)cn1. The number of carbonyl (C=O) groups excluding carboxylic acids is 2. The molecule has 4 heterocycles. The van der Waals surface area contributed by atoms with Crippen molar-refractivity contribution in [2.45, 2.75) is 32.2 Å². The average Bonchev–Trinajstić information content (AvgIpc) is 3.37. The van der Waals surface area contributed by atoms with Gasteiger partial charge in [0, 0.05) is 38.2 Å². The average molecular weight is 429 g/mol. The molecular formula is C21H25ClN6O2. The first-order valence-corrected chi connectivity index (χ1v) is 10.7. The van der Waals surface area contributed by atoms with Crippen molar-refractivity contribution in [1.82, 2.24) is 24.8 Å². The topological polar surface area (TPSA) is 82.5 Å². The molecule has 0 aliphatic carbocycles. The van der Waals surface area contributed by atoms with E-state index < -0.39 is 6.04 Å². The van der Waals surface area contributed by atoms with Gasteiger partial charge in [-0.05, 0) is 45.0 Å². The molecule has 1 saturated heterocycles. The number of likely N-dealkylation sites (N-methyl/N-ethyl adjacent to an activating group) is 1. The summed E-state index contributed by atoms with van der Waals surface area (Å²) in [7, 11) is 0. The van der Waals surface area contributed by atoms with E-state index in [0.29, 0.717) is 29.6 Å². The molecule has 158 valence electrons. The number of rotatable bonds is 7. The van der Waals surface area contributed by atoms with Crippen molar-refractivity contribution >= 4 is 29.2 Å². The molecule has 0 aromatic carbocycles. The number of likely N-dealkylation sites (tertiary alicyclic amines) is 1. The molecule has 0 unspecified atom stereocenters. The van der Waals surface area contributed by atoms with Crippen LogP contribution in [0, 0.1) is 0 Å². The number of fused-ring (bicyclic) bond motifs is 1. The third-order valence-corrected chi connectivity index (χ3v) is 5.94. The Kier molecular flexibility index (Phi) is 6.24. The number of amides is 2. The molecule has 0 N–H and O–H groups in total. The zero-order chi connectivity index (χ0) is 21.1. The highest BCUT2D eigenvalue weighted by atomic mass is 35.5. The van der Waals surface area contributed by atoms with Gasteiger partial charge in [-0.2, -0.15) is 0 Å². The van der Waals surface area contributed by atoms with Crippen molar-refractivity contribution in [2.75, 3.05) is 37.6 Å². The number of hydrogen-bond donors (Lipinski definition) is 0. The van der Waals surface area contributed by atoms with E-state index in [1.165, 1.54) is 30.1 Å². The maximum Gasteiger partial charge on any atom is 0.280 e. The summed E-state index contributed by atoms with van der Waals surface area (Å²) in [6.45, 7) is 6.36. The van der Waals surface area contributed by atoms with Gasteiger partial charge in [0.25, 0.3) is 5.91 Å². The number of halogens is 1. The lowest BCUT2D eigenvalue weighted by Crippen LogP contribution is -2.40. The zero-order valence-electron chi connectivity index (χ0n) is 17.0. The molecule has 9 heteroatoms. The number of anilines is 1. The van der Waals surface area contributed by atoms with Gasteiger partial charge in [-0.1, -0.05) is 11.6 Å². The fourth-order valence-corrected chi connectivity index (χ4v) is 4.23. The van der Waals surface area contributed by atoms with E-state index in [0.717, 1.165) is 19.6 Å². The standard InChI is InChI=1S/C21H25ClN6O2/c1-2-27(12-11-26-9-3-4-10-26)18(29)13-16-19-20(24-8-7-23-19)21(30)28(16)17-6-5-15(22)14-25-17/h5-8,14,16H,2-4,9-13H2,1H3/t16-/m0/s1. The van der Waals surface area contributed by atoms with Crippen LogP contribution >= 0.6 is 11.6 Å². The maximum atomic E-state index is 13.2. The van der Waals surface area contributed by atoms with E-state index in [9.17, 15) is 9.59 Å². The molecule has 2 amide bonds. The van der Waals surface area contributed by atoms with Crippen LogP contribution in [0.3, 0.4) is 0 Å². The van der Waals surface area contributed by atoms with Crippen molar-refractivity contribution in [3.05, 3.63) is 47.1 Å². The molecule has 2 aliphatic rings. The quantitative estimate of drug-likeness (QED) is 0.674. The van der Waals surface area contributed by atoms with Crippen LogP contribution in [0.1, 0.15) is 48.4 Å². The highest BCUT2D eigenvalue weighted by molar-refractivity contribution is 6.30. The van der Waals surface area contributed by atoms with Crippen LogP contribution < -0.4 is 4.90 Å². The maximum absolute atomic E-state index is 13.2. The van der Waals surface area contributed by atoms with E-state index in [1.807, 2.05) is 11.8 Å². The zero-order valence-corrected chi connectivity index (χ0v) is 17.8. The number of nitrogens with zero attached hydrogens (tertiary/aromatic N) is 6. The van der Waals surface area contributed by atoms with Crippen LogP contribution in [-0.2, 0) is 4.79 Å². The number of carbonyl (C=O) groups is 2. The van der Waals surface area contributed by atoms with Gasteiger partial charge in [-0.25, -0.2) is 9.97 Å². The first kappa shape index (κ1) is 20.7. The predicted octanol–water partition coefficient (Wildman–Crippen LogP) is 2.56. The van der Waals surface area contributed by atoms with E-state index in [2.05, 4.69) is 19.9 Å². The molecule has 0 bridgehead atoms. The molecule has 2 aromatic rings. The molecule has 1 fully saturated rings. The molecule has 2 aliphatic heterocycles. The molecule has 0 saturated carbocycles. The highest BCUT2D eigenvalue weighted by Crippen LogP contribution is 2.37. The second-order valence-electron chi connectivity index (χ2n) is 7.54. The summed E-state index contributed by atoms with van der Waals surface area (Å²) in [5.74, 6) is 0.125. The second kappa shape index (κ2) is 9.06. The van der Waals surface area contributed by atoms with Crippen LogP contribution in [0.15, 0.2) is 30.7 Å². The summed E-state index contributed by atoms with van der Waals surface area (Å²) in [6, 6.07) is 2.81. The normalized spacial score (nSPS) is 18.7. The lowest BCUT2D eigenvalue weighted by molar-refractivity contribution is -0.131. The Morgan fingerprint density at radius 2 is 1.97 bits per heavy atom. The summed E-state index contributed by atoms with van der Waals surface area (Å²) in [6.07, 6.45) is 7.11. The fourth-order valence-electron chi connectivity index (χ4n) is 4.12. The van der Waals surface area contributed by atoms with Gasteiger partial charge in [0.2, 0.25) is 5.91 Å². The molecule has 0 spiro atoms. The minimum Gasteiger partial charge on any atom is -0.342 e. The first-order chi connectivity index (χ1) is 14.6. The lowest BCUT2D eigenvalue weighted by atomic mass is 10.1. The molecule has 4 rings (SSSR count). The highest BCUT2D eigenvalue weighted by Gasteiger charge is 2.42. The summed E-state index contributed by atoms with van der Waals surface area (Å²) < 4.78 is 0. The van der Waals surface area contributed by atoms with Gasteiger partial charge >= 0.3 is 0 Å². The Morgan fingerprint density at radius 3 is 2.67 bits per heavy atom. The molecule has 8 nitrogen and oxygen atoms in total. The first-order valence-electron chi connectivity index (χ1n) is 10.3. The molecule has 2 aromatic heterocycles. The third-order valence-electron chi connectivity index (χ3n) is 5.72.